The van der Waals surface area contributed by atoms with Crippen LogP contribution >= 0.6 is 0 Å². The Hall–Kier alpha value is -1.54. The first-order chi connectivity index (χ1) is 24.3. The maximum atomic E-state index is 14.1. The van der Waals surface area contributed by atoms with Crippen molar-refractivity contribution in [3.05, 3.63) is 5.21 Å². The van der Waals surface area contributed by atoms with Crippen molar-refractivity contribution < 1.29 is 68.6 Å². The molecular weight excluding hydrogens is 696 g/mol. The molecule has 0 spiro atoms. The summed E-state index contributed by atoms with van der Waals surface area (Å²) in [5, 5.41) is 84.9. The molecule has 0 bridgehead atoms. The molecule has 3 heterocycles. The molecule has 0 aromatic heterocycles. The number of oxime groups is 1. The van der Waals surface area contributed by atoms with Crippen LogP contribution in [0.25, 0.3) is 0 Å². The van der Waals surface area contributed by atoms with Gasteiger partial charge in [-0.25, -0.2) is 0 Å². The van der Waals surface area contributed by atoms with Crippen molar-refractivity contribution in [3.63, 3.8) is 0 Å². The van der Waals surface area contributed by atoms with E-state index in [1.165, 1.54) is 35.1 Å². The van der Waals surface area contributed by atoms with Crippen LogP contribution in [0.15, 0.2) is 5.16 Å². The number of carbonyl (C=O) groups is 1. The number of aliphatic hydroxyl groups is 5. The van der Waals surface area contributed by atoms with E-state index in [1.54, 1.807) is 55.4 Å². The number of methoxy groups -OCH3 is 1. The second-order valence-corrected chi connectivity index (χ2v) is 17.1. The number of likely N-dealkylation sites (N-methyl/N-ethyl adjacent to an activating group) is 1. The Labute approximate surface area is 314 Å². The van der Waals surface area contributed by atoms with E-state index in [-0.39, 0.29) is 31.4 Å². The molecule has 0 radical (unpaired) electrons. The lowest BCUT2D eigenvalue weighted by Gasteiger charge is -2.51. The van der Waals surface area contributed by atoms with Gasteiger partial charge in [0, 0.05) is 37.7 Å². The van der Waals surface area contributed by atoms with Crippen molar-refractivity contribution in [2.75, 3.05) is 21.2 Å². The van der Waals surface area contributed by atoms with Gasteiger partial charge in [0.2, 0.25) is 0 Å². The highest BCUT2D eigenvalue weighted by Crippen LogP contribution is 2.41. The topological polar surface area (TPSA) is 229 Å². The lowest BCUT2D eigenvalue weighted by Crippen LogP contribution is -2.63. The van der Waals surface area contributed by atoms with Gasteiger partial charge in [-0.2, -0.15) is 0 Å². The molecule has 3 rings (SSSR count). The Morgan fingerprint density at radius 3 is 2.08 bits per heavy atom. The van der Waals surface area contributed by atoms with Crippen LogP contribution < -0.4 is 0 Å². The number of nitrogens with zero attached hydrogens (tertiary/aromatic N) is 2. The Balaban J connectivity index is 2.22. The summed E-state index contributed by atoms with van der Waals surface area (Å²) in [4.78, 5) is 14.1. The zero-order valence-electron chi connectivity index (χ0n) is 33.8. The third-order valence-electron chi connectivity index (χ3n) is 12.1. The fourth-order valence-corrected chi connectivity index (χ4v) is 8.72. The second kappa shape index (κ2) is 17.3. The van der Waals surface area contributed by atoms with Gasteiger partial charge >= 0.3 is 5.97 Å². The lowest BCUT2D eigenvalue weighted by atomic mass is 9.73. The van der Waals surface area contributed by atoms with Crippen LogP contribution in [0.4, 0.5) is 0 Å². The number of esters is 1. The van der Waals surface area contributed by atoms with Crippen LogP contribution in [0.2, 0.25) is 0 Å². The predicted molar refractivity (Wildman–Crippen MR) is 192 cm³/mol. The summed E-state index contributed by atoms with van der Waals surface area (Å²) >= 11 is 0. The first-order valence-corrected chi connectivity index (χ1v) is 18.9. The molecule has 3 fully saturated rings. The van der Waals surface area contributed by atoms with Gasteiger partial charge in [-0.3, -0.25) is 4.79 Å². The molecule has 6 N–H and O–H groups in total. The van der Waals surface area contributed by atoms with Crippen molar-refractivity contribution in [1.82, 2.24) is 0 Å². The number of hydroxylamine groups is 3. The number of cyclic esters (lactones) is 1. The van der Waals surface area contributed by atoms with E-state index in [0.29, 0.717) is 0 Å². The number of hydrogen-bond acceptors (Lipinski definition) is 15. The summed E-state index contributed by atoms with van der Waals surface area (Å²) in [5.41, 5.74) is -4.85. The standard InChI is InChI=1S/C37H68N2O14/c1-14-25-37(10,45)30(41)20(4)27(38-46)18(2)16-35(8,44)32(53-34-28(40)24(39(11,12)47)15-19(3)49-34)21(5)29(22(6)33(43)51-25)52-26-17-36(9,48-13)31(42)23(7)50-26/h18-26,28-32,34,40-42,44-46H,14-17H2,1-13H3/b38-27+/t18-,19-,20+,21+,22-,23+,24+,25-,26+,28-,29+,30-,31+,32-,34+,35-,36-,37-/m1/s1. The van der Waals surface area contributed by atoms with E-state index in [4.69, 9.17) is 28.4 Å². The zero-order valence-corrected chi connectivity index (χ0v) is 33.8. The SMILES string of the molecule is CC[C@H]1OC(=O)[C@H](C)[C@@H](O[C@H]2C[C@@](C)(OC)[C@@H](O)[C@H](C)O2)[C@H](C)[C@@H](O[C@@H]2O[C@H](C)C[C@H]([N+](C)(C)[O-])[C@H]2O)[C@](C)(O)C[C@@H](C)/C(=N\O)[C@H](C)[C@@H](O)[C@]1(C)O. The number of quaternary nitrogens is 1. The smallest absolute Gasteiger partial charge is 0.311 e. The quantitative estimate of drug-likeness (QED) is 0.0944. The average molecular weight is 765 g/mol. The Bertz CT molecular complexity index is 1240. The summed E-state index contributed by atoms with van der Waals surface area (Å²) in [6.07, 6.45) is -10.9. The second-order valence-electron chi connectivity index (χ2n) is 17.1. The Morgan fingerprint density at radius 2 is 1.55 bits per heavy atom. The molecule has 0 amide bonds. The normalized spacial score (nSPS) is 49.3. The van der Waals surface area contributed by atoms with Crippen LogP contribution in [-0.4, -0.2) is 153 Å². The van der Waals surface area contributed by atoms with Crippen molar-refractivity contribution in [3.8, 4) is 0 Å². The van der Waals surface area contributed by atoms with Gasteiger partial charge in [0.05, 0.1) is 67.4 Å². The van der Waals surface area contributed by atoms with Gasteiger partial charge in [0.25, 0.3) is 0 Å². The highest BCUT2D eigenvalue weighted by Gasteiger charge is 2.54. The van der Waals surface area contributed by atoms with Gasteiger partial charge in [-0.15, -0.1) is 0 Å². The van der Waals surface area contributed by atoms with Crippen LogP contribution in [0.3, 0.4) is 0 Å². The highest BCUT2D eigenvalue weighted by atomic mass is 16.7. The number of hydrogen-bond donors (Lipinski definition) is 6. The van der Waals surface area contributed by atoms with Crippen LogP contribution in [-0.2, 0) is 33.2 Å². The molecule has 0 aromatic rings. The molecule has 310 valence electrons. The van der Waals surface area contributed by atoms with E-state index >= 15 is 0 Å². The van der Waals surface area contributed by atoms with Crippen LogP contribution in [0.5, 0.6) is 0 Å². The minimum Gasteiger partial charge on any atom is -0.633 e. The number of rotatable bonds is 7. The molecule has 3 aliphatic rings. The first kappa shape index (κ1) is 45.8. The van der Waals surface area contributed by atoms with Crippen molar-refractivity contribution >= 4 is 11.7 Å². The third kappa shape index (κ3) is 9.89. The minimum absolute atomic E-state index is 0.0613. The van der Waals surface area contributed by atoms with E-state index in [2.05, 4.69) is 5.16 Å². The Kier molecular flexibility index (Phi) is 15.0. The van der Waals surface area contributed by atoms with Crippen molar-refractivity contribution in [2.24, 2.45) is 28.8 Å². The summed E-state index contributed by atoms with van der Waals surface area (Å²) < 4.78 is 36.2. The number of carbonyl (C=O) groups excluding carboxylic acids is 1. The largest absolute Gasteiger partial charge is 0.633 e. The zero-order chi connectivity index (χ0) is 40.6. The first-order valence-electron chi connectivity index (χ1n) is 18.9. The van der Waals surface area contributed by atoms with Crippen LogP contribution in [0.1, 0.15) is 94.9 Å². The maximum absolute atomic E-state index is 14.1. The number of aliphatic hydroxyl groups excluding tert-OH is 3. The average Bonchev–Trinajstić information content (AvgIpc) is 3.06. The van der Waals surface area contributed by atoms with E-state index in [1.807, 2.05) is 0 Å². The molecule has 3 saturated heterocycles. The Morgan fingerprint density at radius 1 is 0.943 bits per heavy atom. The fraction of sp³-hybridized carbons (Fsp3) is 0.946. The molecular formula is C37H68N2O14. The van der Waals surface area contributed by atoms with E-state index in [0.717, 1.165) is 0 Å². The van der Waals surface area contributed by atoms with E-state index < -0.39 is 119 Å². The summed E-state index contributed by atoms with van der Waals surface area (Å²) in [7, 11) is 4.31. The molecule has 3 aliphatic heterocycles. The van der Waals surface area contributed by atoms with Gasteiger partial charge < -0.3 is 69.0 Å². The molecule has 18 atom stereocenters. The third-order valence-corrected chi connectivity index (χ3v) is 12.1. The molecule has 0 aromatic carbocycles. The van der Waals surface area contributed by atoms with E-state index in [9.17, 15) is 40.7 Å². The molecule has 16 nitrogen and oxygen atoms in total. The maximum Gasteiger partial charge on any atom is 0.311 e. The summed E-state index contributed by atoms with van der Waals surface area (Å²) in [6, 6.07) is -0.827. The molecule has 53 heavy (non-hydrogen) atoms. The van der Waals surface area contributed by atoms with Gasteiger partial charge in [0.15, 0.2) is 18.7 Å². The fourth-order valence-electron chi connectivity index (χ4n) is 8.72. The minimum atomic E-state index is -1.99. The molecule has 0 unspecified atom stereocenters. The van der Waals surface area contributed by atoms with Gasteiger partial charge in [0.1, 0.15) is 23.9 Å². The number of ether oxygens (including phenoxy) is 6. The highest BCUT2D eigenvalue weighted by molar-refractivity contribution is 5.88. The lowest BCUT2D eigenvalue weighted by molar-refractivity contribution is -0.874. The monoisotopic (exact) mass is 764 g/mol. The molecule has 0 aliphatic carbocycles. The molecule has 16 heteroatoms. The van der Waals surface area contributed by atoms with Crippen molar-refractivity contribution in [2.45, 2.75) is 179 Å². The molecule has 0 saturated carbocycles. The summed E-state index contributed by atoms with van der Waals surface area (Å²) in [6.45, 7) is 16.2. The van der Waals surface area contributed by atoms with Gasteiger partial charge in [-0.05, 0) is 54.4 Å². The summed E-state index contributed by atoms with van der Waals surface area (Å²) in [5.74, 6) is -4.49. The van der Waals surface area contributed by atoms with Crippen LogP contribution in [0, 0.1) is 28.9 Å². The van der Waals surface area contributed by atoms with Gasteiger partial charge in [-0.1, -0.05) is 32.9 Å². The predicted octanol–water partition coefficient (Wildman–Crippen LogP) is 2.06. The van der Waals surface area contributed by atoms with Crippen molar-refractivity contribution in [1.29, 1.82) is 0 Å².